The van der Waals surface area contributed by atoms with E-state index in [-0.39, 0.29) is 5.78 Å². The predicted molar refractivity (Wildman–Crippen MR) is 52.7 cm³/mol. The van der Waals surface area contributed by atoms with Gasteiger partial charge < -0.3 is 0 Å². The van der Waals surface area contributed by atoms with E-state index in [0.717, 1.165) is 11.6 Å². The maximum atomic E-state index is 11.3. The van der Waals surface area contributed by atoms with Crippen LogP contribution in [-0.2, 0) is 18.3 Å². The van der Waals surface area contributed by atoms with Gasteiger partial charge in [-0.15, -0.1) is 0 Å². The van der Waals surface area contributed by atoms with Gasteiger partial charge in [-0.1, -0.05) is 6.92 Å². The quantitative estimate of drug-likeness (QED) is 0.699. The van der Waals surface area contributed by atoms with E-state index < -0.39 is 0 Å². The molecule has 0 fully saturated rings. The summed E-state index contributed by atoms with van der Waals surface area (Å²) in [6.07, 6.45) is 1.86. The lowest BCUT2D eigenvalue weighted by molar-refractivity contribution is -0.116. The van der Waals surface area contributed by atoms with Crippen molar-refractivity contribution in [1.82, 2.24) is 14.8 Å². The number of rotatable bonds is 5. The molecule has 0 aromatic carbocycles. The number of carbonyl (C=O) groups is 1. The van der Waals surface area contributed by atoms with Crippen molar-refractivity contribution in [2.45, 2.75) is 13.3 Å². The van der Waals surface area contributed by atoms with E-state index in [4.69, 9.17) is 0 Å². The first-order chi connectivity index (χ1) is 6.24. The summed E-state index contributed by atoms with van der Waals surface area (Å²) >= 11 is 1.64. The van der Waals surface area contributed by atoms with Gasteiger partial charge in [-0.25, -0.2) is 4.98 Å². The summed E-state index contributed by atoms with van der Waals surface area (Å²) in [6, 6.07) is 0. The number of nitrogens with zero attached hydrogens (tertiary/aromatic N) is 3. The van der Waals surface area contributed by atoms with E-state index in [1.54, 1.807) is 23.5 Å². The lowest BCUT2D eigenvalue weighted by Crippen LogP contribution is -2.10. The summed E-state index contributed by atoms with van der Waals surface area (Å²) in [5.74, 6) is 2.50. The molecule has 1 heterocycles. The van der Waals surface area contributed by atoms with Gasteiger partial charge in [0.1, 0.15) is 17.9 Å². The molecule has 0 saturated carbocycles. The van der Waals surface area contributed by atoms with Gasteiger partial charge >= 0.3 is 0 Å². The van der Waals surface area contributed by atoms with Crippen molar-refractivity contribution in [3.8, 4) is 0 Å². The minimum atomic E-state index is 0.211. The molecule has 0 aliphatic carbocycles. The normalized spacial score (nSPS) is 10.3. The smallest absolute Gasteiger partial charge is 0.150 e. The standard InChI is InChI=1S/C8H13N3OS/c1-3-13-5-7(12)4-8-9-6-10-11(8)2/h6H,3-5H2,1-2H3. The Labute approximate surface area is 81.7 Å². The Hall–Kier alpha value is -0.840. The maximum Gasteiger partial charge on any atom is 0.150 e. The topological polar surface area (TPSA) is 47.8 Å². The number of thioether (sulfide) groups is 1. The second-order valence-electron chi connectivity index (χ2n) is 2.65. The molecular weight excluding hydrogens is 186 g/mol. The number of hydrogen-bond donors (Lipinski definition) is 0. The highest BCUT2D eigenvalue weighted by Gasteiger charge is 2.07. The van der Waals surface area contributed by atoms with Gasteiger partial charge in [0, 0.05) is 7.05 Å². The Morgan fingerprint density at radius 1 is 1.69 bits per heavy atom. The van der Waals surface area contributed by atoms with Crippen LogP contribution in [-0.4, -0.2) is 32.1 Å². The van der Waals surface area contributed by atoms with E-state index >= 15 is 0 Å². The SMILES string of the molecule is CCSCC(=O)Cc1ncnn1C. The van der Waals surface area contributed by atoms with Crippen LogP contribution in [0.15, 0.2) is 6.33 Å². The largest absolute Gasteiger partial charge is 0.298 e. The minimum absolute atomic E-state index is 0.211. The molecule has 0 aliphatic rings. The number of aryl methyl sites for hydroxylation is 1. The molecule has 0 bridgehead atoms. The third-order valence-electron chi connectivity index (χ3n) is 1.63. The summed E-state index contributed by atoms with van der Waals surface area (Å²) in [5, 5.41) is 3.90. The molecule has 1 rings (SSSR count). The first-order valence-electron chi connectivity index (χ1n) is 4.16. The summed E-state index contributed by atoms with van der Waals surface area (Å²) in [4.78, 5) is 15.3. The van der Waals surface area contributed by atoms with Gasteiger partial charge in [-0.05, 0) is 5.75 Å². The first kappa shape index (κ1) is 10.2. The lowest BCUT2D eigenvalue weighted by atomic mass is 10.3. The van der Waals surface area contributed by atoms with Crippen LogP contribution >= 0.6 is 11.8 Å². The molecular formula is C8H13N3OS. The lowest BCUT2D eigenvalue weighted by Gasteiger charge is -1.98. The molecule has 0 radical (unpaired) electrons. The monoisotopic (exact) mass is 199 g/mol. The highest BCUT2D eigenvalue weighted by molar-refractivity contribution is 7.99. The van der Waals surface area contributed by atoms with Gasteiger partial charge in [-0.2, -0.15) is 16.9 Å². The molecule has 0 aliphatic heterocycles. The fourth-order valence-corrected chi connectivity index (χ4v) is 1.46. The van der Waals surface area contributed by atoms with Crippen LogP contribution in [0.4, 0.5) is 0 Å². The minimum Gasteiger partial charge on any atom is -0.298 e. The molecule has 0 unspecified atom stereocenters. The summed E-state index contributed by atoms with van der Waals surface area (Å²) in [5.41, 5.74) is 0. The van der Waals surface area contributed by atoms with Crippen LogP contribution in [0.25, 0.3) is 0 Å². The summed E-state index contributed by atoms with van der Waals surface area (Å²) in [7, 11) is 1.79. The summed E-state index contributed by atoms with van der Waals surface area (Å²) in [6.45, 7) is 2.04. The third-order valence-corrected chi connectivity index (χ3v) is 2.56. The zero-order valence-corrected chi connectivity index (χ0v) is 8.67. The highest BCUT2D eigenvalue weighted by Crippen LogP contribution is 2.01. The van der Waals surface area contributed by atoms with E-state index in [1.165, 1.54) is 6.33 Å². The molecule has 72 valence electrons. The zero-order chi connectivity index (χ0) is 9.68. The Morgan fingerprint density at radius 2 is 2.46 bits per heavy atom. The van der Waals surface area contributed by atoms with Crippen molar-refractivity contribution in [2.75, 3.05) is 11.5 Å². The molecule has 1 aromatic heterocycles. The molecule has 0 N–H and O–H groups in total. The van der Waals surface area contributed by atoms with Crippen LogP contribution in [0.5, 0.6) is 0 Å². The van der Waals surface area contributed by atoms with Crippen LogP contribution < -0.4 is 0 Å². The van der Waals surface area contributed by atoms with Crippen molar-refractivity contribution in [1.29, 1.82) is 0 Å². The number of Topliss-reactive ketones (excluding diaryl/α,β-unsaturated/α-hetero) is 1. The predicted octanol–water partition coefficient (Wildman–Crippen LogP) is 0.680. The van der Waals surface area contributed by atoms with E-state index in [0.29, 0.717) is 12.2 Å². The van der Waals surface area contributed by atoms with E-state index in [2.05, 4.69) is 10.1 Å². The van der Waals surface area contributed by atoms with Crippen LogP contribution in [0, 0.1) is 0 Å². The van der Waals surface area contributed by atoms with Crippen molar-refractivity contribution in [2.24, 2.45) is 7.05 Å². The van der Waals surface area contributed by atoms with E-state index in [1.807, 2.05) is 6.92 Å². The van der Waals surface area contributed by atoms with Crippen molar-refractivity contribution < 1.29 is 4.79 Å². The molecule has 0 spiro atoms. The molecule has 0 saturated heterocycles. The fourth-order valence-electron chi connectivity index (χ4n) is 0.923. The highest BCUT2D eigenvalue weighted by atomic mass is 32.2. The first-order valence-corrected chi connectivity index (χ1v) is 5.31. The molecule has 4 nitrogen and oxygen atoms in total. The maximum absolute atomic E-state index is 11.3. The molecule has 0 atom stereocenters. The van der Waals surface area contributed by atoms with Gasteiger partial charge in [0.15, 0.2) is 0 Å². The third kappa shape index (κ3) is 3.18. The number of hydrogen-bond acceptors (Lipinski definition) is 4. The summed E-state index contributed by atoms with van der Waals surface area (Å²) < 4.78 is 1.63. The number of ketones is 1. The van der Waals surface area contributed by atoms with Crippen LogP contribution in [0.3, 0.4) is 0 Å². The van der Waals surface area contributed by atoms with Gasteiger partial charge in [0.25, 0.3) is 0 Å². The fraction of sp³-hybridized carbons (Fsp3) is 0.625. The van der Waals surface area contributed by atoms with Gasteiger partial charge in [-0.3, -0.25) is 9.48 Å². The van der Waals surface area contributed by atoms with Crippen molar-refractivity contribution in [3.05, 3.63) is 12.2 Å². The second-order valence-corrected chi connectivity index (χ2v) is 3.93. The molecule has 13 heavy (non-hydrogen) atoms. The second kappa shape index (κ2) is 5.01. The Bertz CT molecular complexity index is 285. The van der Waals surface area contributed by atoms with Gasteiger partial charge in [0.05, 0.1) is 12.2 Å². The number of aromatic nitrogens is 3. The van der Waals surface area contributed by atoms with Crippen LogP contribution in [0.2, 0.25) is 0 Å². The van der Waals surface area contributed by atoms with Crippen molar-refractivity contribution >= 4 is 17.5 Å². The number of carbonyl (C=O) groups excluding carboxylic acids is 1. The average Bonchev–Trinajstić information content (AvgIpc) is 2.48. The van der Waals surface area contributed by atoms with Crippen molar-refractivity contribution in [3.63, 3.8) is 0 Å². The molecule has 0 amide bonds. The average molecular weight is 199 g/mol. The Kier molecular flexibility index (Phi) is 3.95. The van der Waals surface area contributed by atoms with E-state index in [9.17, 15) is 4.79 Å². The Morgan fingerprint density at radius 3 is 3.00 bits per heavy atom. The zero-order valence-electron chi connectivity index (χ0n) is 7.86. The Balaban J connectivity index is 2.41. The van der Waals surface area contributed by atoms with Crippen LogP contribution in [0.1, 0.15) is 12.7 Å². The molecule has 1 aromatic rings. The molecule has 5 heteroatoms. The van der Waals surface area contributed by atoms with Gasteiger partial charge in [0.2, 0.25) is 0 Å².